The molecule has 1 rings (SSSR count). The van der Waals surface area contributed by atoms with Crippen LogP contribution in [0.4, 0.5) is 0 Å². The number of aromatic hydroxyl groups is 1. The predicted molar refractivity (Wildman–Crippen MR) is 88.7 cm³/mol. The van der Waals surface area contributed by atoms with E-state index in [4.69, 9.17) is 0 Å². The zero-order valence-corrected chi connectivity index (χ0v) is 13.9. The largest absolute Gasteiger partial charge is 0.508 e. The molecule has 0 aliphatic heterocycles. The molecule has 0 radical (unpaired) electrons. The van der Waals surface area contributed by atoms with Gasteiger partial charge in [-0.3, -0.25) is 0 Å². The van der Waals surface area contributed by atoms with Crippen LogP contribution in [0.15, 0.2) is 6.07 Å². The van der Waals surface area contributed by atoms with Crippen molar-refractivity contribution in [1.29, 1.82) is 0 Å². The zero-order valence-electron chi connectivity index (χ0n) is 13.9. The molecule has 0 spiro atoms. The van der Waals surface area contributed by atoms with Gasteiger partial charge in [-0.25, -0.2) is 0 Å². The Hall–Kier alpha value is -0.980. The second kappa shape index (κ2) is 9.05. The minimum Gasteiger partial charge on any atom is -0.508 e. The van der Waals surface area contributed by atoms with Gasteiger partial charge in [-0.15, -0.1) is 0 Å². The van der Waals surface area contributed by atoms with Crippen LogP contribution in [0, 0.1) is 0 Å². The third-order valence-corrected chi connectivity index (χ3v) is 4.17. The molecule has 114 valence electrons. The molecular formula is C19H32O. The van der Waals surface area contributed by atoms with Gasteiger partial charge in [-0.1, -0.05) is 47.0 Å². The smallest absolute Gasteiger partial charge is 0.119 e. The first-order valence-corrected chi connectivity index (χ1v) is 8.54. The quantitative estimate of drug-likeness (QED) is 0.623. The molecule has 1 aromatic carbocycles. The minimum absolute atomic E-state index is 0.537. The summed E-state index contributed by atoms with van der Waals surface area (Å²) in [6.45, 7) is 8.91. The molecule has 0 saturated carbocycles. The van der Waals surface area contributed by atoms with E-state index in [1.807, 2.05) is 0 Å². The first kappa shape index (κ1) is 17.1. The van der Waals surface area contributed by atoms with Gasteiger partial charge >= 0.3 is 0 Å². The molecule has 20 heavy (non-hydrogen) atoms. The number of phenols is 1. The van der Waals surface area contributed by atoms with E-state index in [1.165, 1.54) is 48.8 Å². The van der Waals surface area contributed by atoms with Crippen LogP contribution in [0.25, 0.3) is 0 Å². The third kappa shape index (κ3) is 4.26. The summed E-state index contributed by atoms with van der Waals surface area (Å²) in [6.07, 6.45) is 10.4. The van der Waals surface area contributed by atoms with Crippen LogP contribution in [-0.4, -0.2) is 5.11 Å². The molecule has 0 amide bonds. The molecule has 1 aromatic rings. The highest BCUT2D eigenvalue weighted by molar-refractivity contribution is 5.49. The molecule has 0 aliphatic rings. The zero-order chi connectivity index (χ0) is 15.0. The van der Waals surface area contributed by atoms with Gasteiger partial charge in [0.1, 0.15) is 5.75 Å². The van der Waals surface area contributed by atoms with Crippen LogP contribution in [0.2, 0.25) is 0 Å². The maximum atomic E-state index is 10.4. The molecule has 0 heterocycles. The predicted octanol–water partition coefficient (Wildman–Crippen LogP) is 5.59. The first-order chi connectivity index (χ1) is 9.69. The normalized spacial score (nSPS) is 11.0. The lowest BCUT2D eigenvalue weighted by atomic mass is 9.87. The Morgan fingerprint density at radius 3 is 1.95 bits per heavy atom. The Balaban J connectivity index is 3.24. The van der Waals surface area contributed by atoms with Gasteiger partial charge in [0.15, 0.2) is 0 Å². The summed E-state index contributed by atoms with van der Waals surface area (Å²) in [7, 11) is 0. The number of rotatable bonds is 9. The fraction of sp³-hybridized carbons (Fsp3) is 0.684. The van der Waals surface area contributed by atoms with Crippen LogP contribution in [-0.2, 0) is 25.7 Å². The molecule has 1 nitrogen and oxygen atoms in total. The molecule has 1 heteroatoms. The van der Waals surface area contributed by atoms with Crippen molar-refractivity contribution in [3.8, 4) is 5.75 Å². The average Bonchev–Trinajstić information content (AvgIpc) is 2.45. The molecule has 0 bridgehead atoms. The average molecular weight is 276 g/mol. The summed E-state index contributed by atoms with van der Waals surface area (Å²) >= 11 is 0. The molecule has 0 aliphatic carbocycles. The molecule has 0 aromatic heterocycles. The Labute approximate surface area is 125 Å². The lowest BCUT2D eigenvalue weighted by molar-refractivity contribution is 0.464. The van der Waals surface area contributed by atoms with Crippen LogP contribution >= 0.6 is 0 Å². The summed E-state index contributed by atoms with van der Waals surface area (Å²) < 4.78 is 0. The number of hydrogen-bond acceptors (Lipinski definition) is 1. The molecule has 0 saturated heterocycles. The highest BCUT2D eigenvalue weighted by Crippen LogP contribution is 2.32. The Kier molecular flexibility index (Phi) is 7.72. The summed E-state index contributed by atoms with van der Waals surface area (Å²) in [5.74, 6) is 0.537. The van der Waals surface area contributed by atoms with Crippen molar-refractivity contribution in [3.05, 3.63) is 28.3 Å². The van der Waals surface area contributed by atoms with E-state index in [0.717, 1.165) is 25.7 Å². The number of phenolic OH excluding ortho intramolecular Hbond substituents is 1. The van der Waals surface area contributed by atoms with E-state index in [-0.39, 0.29) is 0 Å². The summed E-state index contributed by atoms with van der Waals surface area (Å²) in [5, 5.41) is 10.4. The number of aryl methyl sites for hydroxylation is 1. The Morgan fingerprint density at radius 1 is 0.750 bits per heavy atom. The Bertz CT molecular complexity index is 407. The lowest BCUT2D eigenvalue weighted by Gasteiger charge is -2.19. The maximum Gasteiger partial charge on any atom is 0.119 e. The number of hydrogen-bond donors (Lipinski definition) is 1. The molecule has 1 N–H and O–H groups in total. The van der Waals surface area contributed by atoms with Crippen molar-refractivity contribution >= 4 is 0 Å². The highest BCUT2D eigenvalue weighted by atomic mass is 16.3. The van der Waals surface area contributed by atoms with Crippen molar-refractivity contribution in [2.75, 3.05) is 0 Å². The van der Waals surface area contributed by atoms with Gasteiger partial charge in [0.25, 0.3) is 0 Å². The number of benzene rings is 1. The molecule has 0 unspecified atom stereocenters. The van der Waals surface area contributed by atoms with Crippen LogP contribution in [0.5, 0.6) is 5.75 Å². The van der Waals surface area contributed by atoms with Crippen LogP contribution in [0.1, 0.15) is 82.1 Å². The topological polar surface area (TPSA) is 20.2 Å². The van der Waals surface area contributed by atoms with Crippen molar-refractivity contribution in [3.63, 3.8) is 0 Å². The van der Waals surface area contributed by atoms with Gasteiger partial charge in [0.05, 0.1) is 0 Å². The third-order valence-electron chi connectivity index (χ3n) is 4.17. The second-order valence-electron chi connectivity index (χ2n) is 5.80. The van der Waals surface area contributed by atoms with Gasteiger partial charge in [0.2, 0.25) is 0 Å². The summed E-state index contributed by atoms with van der Waals surface area (Å²) in [5.41, 5.74) is 5.59. The van der Waals surface area contributed by atoms with Crippen molar-refractivity contribution in [1.82, 2.24) is 0 Å². The second-order valence-corrected chi connectivity index (χ2v) is 5.80. The Morgan fingerprint density at radius 2 is 1.40 bits per heavy atom. The fourth-order valence-corrected chi connectivity index (χ4v) is 3.08. The first-order valence-electron chi connectivity index (χ1n) is 8.54. The molecular weight excluding hydrogens is 244 g/mol. The highest BCUT2D eigenvalue weighted by Gasteiger charge is 2.15. The SMILES string of the molecule is CCCCc1cc(O)c(CCC)c(CC)c1CCCC. The van der Waals surface area contributed by atoms with Crippen molar-refractivity contribution < 1.29 is 5.11 Å². The van der Waals surface area contributed by atoms with E-state index in [0.29, 0.717) is 5.75 Å². The van der Waals surface area contributed by atoms with Crippen LogP contribution in [0.3, 0.4) is 0 Å². The maximum absolute atomic E-state index is 10.4. The standard InChI is InChI=1S/C19H32O/c1-5-9-12-15-14-19(20)18(11-7-3)16(8-4)17(15)13-10-6-2/h14,20H,5-13H2,1-4H3. The van der Waals surface area contributed by atoms with Gasteiger partial charge < -0.3 is 5.11 Å². The molecule has 0 fully saturated rings. The monoisotopic (exact) mass is 276 g/mol. The van der Waals surface area contributed by atoms with E-state index in [1.54, 1.807) is 5.56 Å². The van der Waals surface area contributed by atoms with E-state index in [9.17, 15) is 5.11 Å². The van der Waals surface area contributed by atoms with Gasteiger partial charge in [-0.05, 0) is 66.8 Å². The van der Waals surface area contributed by atoms with E-state index >= 15 is 0 Å². The summed E-state index contributed by atoms with van der Waals surface area (Å²) in [6, 6.07) is 2.06. The lowest BCUT2D eigenvalue weighted by Crippen LogP contribution is -2.05. The van der Waals surface area contributed by atoms with Crippen molar-refractivity contribution in [2.24, 2.45) is 0 Å². The minimum atomic E-state index is 0.537. The van der Waals surface area contributed by atoms with E-state index < -0.39 is 0 Å². The van der Waals surface area contributed by atoms with Gasteiger partial charge in [0, 0.05) is 0 Å². The van der Waals surface area contributed by atoms with Crippen LogP contribution < -0.4 is 0 Å². The summed E-state index contributed by atoms with van der Waals surface area (Å²) in [4.78, 5) is 0. The van der Waals surface area contributed by atoms with Crippen molar-refractivity contribution in [2.45, 2.75) is 85.5 Å². The number of unbranched alkanes of at least 4 members (excludes halogenated alkanes) is 2. The van der Waals surface area contributed by atoms with E-state index in [2.05, 4.69) is 33.8 Å². The fourth-order valence-electron chi connectivity index (χ4n) is 3.08. The molecule has 0 atom stereocenters. The van der Waals surface area contributed by atoms with Gasteiger partial charge in [-0.2, -0.15) is 0 Å².